The molecule has 1 rings (SSSR count). The second-order valence-corrected chi connectivity index (χ2v) is 6.68. The van der Waals surface area contributed by atoms with Gasteiger partial charge in [0, 0.05) is 0 Å². The minimum Gasteiger partial charge on any atom is -0.316 e. The van der Waals surface area contributed by atoms with Gasteiger partial charge in [-0.3, -0.25) is 0 Å². The molecule has 0 aromatic heterocycles. The summed E-state index contributed by atoms with van der Waals surface area (Å²) in [5.41, 5.74) is 0.854. The number of hydrogen-bond acceptors (Lipinski definition) is 1. The highest BCUT2D eigenvalue weighted by Gasteiger charge is 2.13. The molecule has 1 nitrogen and oxygen atoms in total. The standard InChI is InChI=1S/C18H30FN/c1-14(2)9-10-16(13-20-12-15(3)4)11-17-7-5-6-8-18(17)19/h5-8,14-16,20H,9-13H2,1-4H3. The van der Waals surface area contributed by atoms with Crippen LogP contribution in [-0.4, -0.2) is 13.1 Å². The van der Waals surface area contributed by atoms with Gasteiger partial charge in [0.2, 0.25) is 0 Å². The van der Waals surface area contributed by atoms with Crippen LogP contribution in [0, 0.1) is 23.6 Å². The van der Waals surface area contributed by atoms with Gasteiger partial charge in [-0.15, -0.1) is 0 Å². The van der Waals surface area contributed by atoms with Gasteiger partial charge < -0.3 is 5.32 Å². The average Bonchev–Trinajstić information content (AvgIpc) is 2.37. The molecule has 0 spiro atoms. The van der Waals surface area contributed by atoms with Crippen LogP contribution in [0.2, 0.25) is 0 Å². The fraction of sp³-hybridized carbons (Fsp3) is 0.667. The third-order valence-corrected chi connectivity index (χ3v) is 3.60. The Balaban J connectivity index is 2.54. The third-order valence-electron chi connectivity index (χ3n) is 3.60. The summed E-state index contributed by atoms with van der Waals surface area (Å²) in [6.07, 6.45) is 3.21. The van der Waals surface area contributed by atoms with Gasteiger partial charge in [-0.25, -0.2) is 4.39 Å². The summed E-state index contributed by atoms with van der Waals surface area (Å²) in [5.74, 6) is 1.83. The van der Waals surface area contributed by atoms with Crippen LogP contribution in [0.5, 0.6) is 0 Å². The monoisotopic (exact) mass is 279 g/mol. The Morgan fingerprint density at radius 2 is 1.65 bits per heavy atom. The highest BCUT2D eigenvalue weighted by atomic mass is 19.1. The zero-order chi connectivity index (χ0) is 15.0. The largest absolute Gasteiger partial charge is 0.316 e. The van der Waals surface area contributed by atoms with Crippen LogP contribution in [0.25, 0.3) is 0 Å². The molecule has 1 unspecified atom stereocenters. The predicted molar refractivity (Wildman–Crippen MR) is 85.4 cm³/mol. The number of hydrogen-bond donors (Lipinski definition) is 1. The van der Waals surface area contributed by atoms with Gasteiger partial charge in [0.25, 0.3) is 0 Å². The molecule has 0 aliphatic carbocycles. The maximum atomic E-state index is 13.8. The summed E-state index contributed by atoms with van der Waals surface area (Å²) >= 11 is 0. The second kappa shape index (κ2) is 9.12. The lowest BCUT2D eigenvalue weighted by molar-refractivity contribution is 0.385. The van der Waals surface area contributed by atoms with Crippen molar-refractivity contribution in [1.82, 2.24) is 5.32 Å². The van der Waals surface area contributed by atoms with Crippen LogP contribution >= 0.6 is 0 Å². The van der Waals surface area contributed by atoms with Crippen LogP contribution in [-0.2, 0) is 6.42 Å². The van der Waals surface area contributed by atoms with E-state index < -0.39 is 0 Å². The van der Waals surface area contributed by atoms with Crippen molar-refractivity contribution in [3.63, 3.8) is 0 Å². The van der Waals surface area contributed by atoms with Gasteiger partial charge >= 0.3 is 0 Å². The summed E-state index contributed by atoms with van der Waals surface area (Å²) in [4.78, 5) is 0. The van der Waals surface area contributed by atoms with Crippen molar-refractivity contribution >= 4 is 0 Å². The fourth-order valence-corrected chi connectivity index (χ4v) is 2.40. The van der Waals surface area contributed by atoms with Crippen molar-refractivity contribution in [2.45, 2.75) is 47.0 Å². The van der Waals surface area contributed by atoms with Crippen molar-refractivity contribution in [2.24, 2.45) is 17.8 Å². The quantitative estimate of drug-likeness (QED) is 0.693. The molecule has 0 radical (unpaired) electrons. The minimum atomic E-state index is -0.0640. The maximum Gasteiger partial charge on any atom is 0.126 e. The topological polar surface area (TPSA) is 12.0 Å². The van der Waals surface area contributed by atoms with E-state index >= 15 is 0 Å². The van der Waals surface area contributed by atoms with Gasteiger partial charge in [0.05, 0.1) is 0 Å². The van der Waals surface area contributed by atoms with Crippen LogP contribution < -0.4 is 5.32 Å². The zero-order valence-corrected chi connectivity index (χ0v) is 13.5. The first-order chi connectivity index (χ1) is 9.49. The number of benzene rings is 1. The number of halogens is 1. The number of nitrogens with one attached hydrogen (secondary N) is 1. The molecule has 0 amide bonds. The van der Waals surface area contributed by atoms with Crippen LogP contribution in [0.3, 0.4) is 0 Å². The molecule has 0 fully saturated rings. The van der Waals surface area contributed by atoms with Gasteiger partial charge in [-0.2, -0.15) is 0 Å². The Kier molecular flexibility index (Phi) is 7.83. The van der Waals surface area contributed by atoms with E-state index in [2.05, 4.69) is 33.0 Å². The Bertz CT molecular complexity index is 373. The zero-order valence-electron chi connectivity index (χ0n) is 13.5. The summed E-state index contributed by atoms with van der Waals surface area (Å²) in [6.45, 7) is 11.0. The Morgan fingerprint density at radius 1 is 0.950 bits per heavy atom. The molecule has 0 heterocycles. The summed E-state index contributed by atoms with van der Waals surface area (Å²) in [6, 6.07) is 7.18. The van der Waals surface area contributed by atoms with E-state index in [1.165, 1.54) is 6.42 Å². The SMILES string of the molecule is CC(C)CCC(CNCC(C)C)Cc1ccccc1F. The molecule has 20 heavy (non-hydrogen) atoms. The van der Waals surface area contributed by atoms with Gasteiger partial charge in [0.15, 0.2) is 0 Å². The predicted octanol–water partition coefficient (Wildman–Crippen LogP) is 4.67. The van der Waals surface area contributed by atoms with Crippen molar-refractivity contribution in [1.29, 1.82) is 0 Å². The van der Waals surface area contributed by atoms with Gasteiger partial charge in [-0.1, -0.05) is 52.3 Å². The Morgan fingerprint density at radius 3 is 2.25 bits per heavy atom. The maximum absolute atomic E-state index is 13.8. The van der Waals surface area contributed by atoms with Crippen molar-refractivity contribution < 1.29 is 4.39 Å². The molecule has 1 N–H and O–H groups in total. The summed E-state index contributed by atoms with van der Waals surface area (Å²) in [7, 11) is 0. The fourth-order valence-electron chi connectivity index (χ4n) is 2.40. The van der Waals surface area contributed by atoms with Gasteiger partial charge in [0.1, 0.15) is 5.82 Å². The van der Waals surface area contributed by atoms with Gasteiger partial charge in [-0.05, 0) is 55.3 Å². The Labute approximate surface area is 124 Å². The van der Waals surface area contributed by atoms with Crippen LogP contribution in [0.15, 0.2) is 24.3 Å². The molecule has 2 heteroatoms. The molecule has 1 aromatic rings. The van der Waals surface area contributed by atoms with Crippen molar-refractivity contribution in [3.05, 3.63) is 35.6 Å². The molecule has 114 valence electrons. The molecule has 0 saturated carbocycles. The van der Waals surface area contributed by atoms with Crippen molar-refractivity contribution in [3.8, 4) is 0 Å². The summed E-state index contributed by atoms with van der Waals surface area (Å²) < 4.78 is 13.8. The smallest absolute Gasteiger partial charge is 0.126 e. The van der Waals surface area contributed by atoms with Crippen LogP contribution in [0.4, 0.5) is 4.39 Å². The average molecular weight is 279 g/mol. The summed E-state index contributed by atoms with van der Waals surface area (Å²) in [5, 5.41) is 3.53. The molecule has 1 aromatic carbocycles. The molecular weight excluding hydrogens is 249 g/mol. The minimum absolute atomic E-state index is 0.0640. The lowest BCUT2D eigenvalue weighted by Gasteiger charge is -2.20. The lowest BCUT2D eigenvalue weighted by atomic mass is 9.91. The van der Waals surface area contributed by atoms with Crippen molar-refractivity contribution in [2.75, 3.05) is 13.1 Å². The molecule has 0 aliphatic rings. The van der Waals surface area contributed by atoms with E-state index in [-0.39, 0.29) is 5.82 Å². The molecule has 0 bridgehead atoms. The van der Waals surface area contributed by atoms with E-state index in [1.807, 2.05) is 12.1 Å². The normalized spacial score (nSPS) is 13.2. The van der Waals surface area contributed by atoms with E-state index in [1.54, 1.807) is 12.1 Å². The van der Waals surface area contributed by atoms with Crippen LogP contribution in [0.1, 0.15) is 46.1 Å². The Hall–Kier alpha value is -0.890. The molecular formula is C18H30FN. The first kappa shape index (κ1) is 17.2. The number of rotatable bonds is 9. The highest BCUT2D eigenvalue weighted by Crippen LogP contribution is 2.19. The lowest BCUT2D eigenvalue weighted by Crippen LogP contribution is -2.28. The molecule has 0 saturated heterocycles. The molecule has 0 aliphatic heterocycles. The van der Waals surface area contributed by atoms with E-state index in [0.717, 1.165) is 31.5 Å². The van der Waals surface area contributed by atoms with E-state index in [0.29, 0.717) is 17.8 Å². The third kappa shape index (κ3) is 7.04. The first-order valence-electron chi connectivity index (χ1n) is 7.93. The second-order valence-electron chi connectivity index (χ2n) is 6.68. The molecule has 1 atom stereocenters. The first-order valence-corrected chi connectivity index (χ1v) is 7.93. The van der Waals surface area contributed by atoms with E-state index in [4.69, 9.17) is 0 Å². The highest BCUT2D eigenvalue weighted by molar-refractivity contribution is 5.17. The van der Waals surface area contributed by atoms with E-state index in [9.17, 15) is 4.39 Å².